The van der Waals surface area contributed by atoms with Crippen LogP contribution in [-0.4, -0.2) is 5.11 Å². The normalized spacial score (nSPS) is 21.2. The summed E-state index contributed by atoms with van der Waals surface area (Å²) in [6.45, 7) is 0. The van der Waals surface area contributed by atoms with Crippen molar-refractivity contribution in [1.82, 2.24) is 14.6 Å². The first-order valence-corrected chi connectivity index (χ1v) is 6.63. The quantitative estimate of drug-likeness (QED) is 0.517. The van der Waals surface area contributed by atoms with Gasteiger partial charge in [0.1, 0.15) is 5.75 Å². The second-order valence-corrected chi connectivity index (χ2v) is 5.84. The Bertz CT molecular complexity index is 208. The Labute approximate surface area is 83.0 Å². The van der Waals surface area contributed by atoms with Gasteiger partial charge >= 0.3 is 0 Å². The fraction of sp³-hybridized carbons (Fsp3) is 0. The van der Waals surface area contributed by atoms with Gasteiger partial charge in [-0.2, -0.15) is 0 Å². The Morgan fingerprint density at radius 1 is 0.846 bits per heavy atom. The first-order chi connectivity index (χ1) is 6.39. The molecule has 0 radical (unpaired) electrons. The molecule has 1 heterocycles. The number of benzene rings is 1. The minimum absolute atomic E-state index is 0.322. The molecule has 72 valence electrons. The maximum Gasteiger partial charge on any atom is 0.115 e. The lowest BCUT2D eigenvalue weighted by atomic mass is 10.3. The first kappa shape index (κ1) is 11.3. The van der Waals surface area contributed by atoms with Crippen LogP contribution in [0.15, 0.2) is 30.3 Å². The van der Waals surface area contributed by atoms with Crippen molar-refractivity contribution in [1.29, 1.82) is 0 Å². The van der Waals surface area contributed by atoms with E-state index < -0.39 is 0 Å². The van der Waals surface area contributed by atoms with Crippen LogP contribution in [0.3, 0.4) is 0 Å². The van der Waals surface area contributed by atoms with E-state index in [2.05, 4.69) is 14.6 Å². The molecule has 0 spiro atoms. The molecule has 13 heavy (non-hydrogen) atoms. The minimum Gasteiger partial charge on any atom is -0.508 e. The van der Waals surface area contributed by atoms with E-state index in [1.54, 1.807) is 24.3 Å². The third kappa shape index (κ3) is 6.29. The number of aromatic hydroxyl groups is 1. The molecule has 1 saturated heterocycles. The number of hydrogen-bond donors (Lipinski definition) is 4. The average molecular weight is 235 g/mol. The Hall–Kier alpha value is 0.190. The van der Waals surface area contributed by atoms with E-state index in [1.165, 1.54) is 0 Å². The average Bonchev–Trinajstić information content (AvgIpc) is 2.22. The van der Waals surface area contributed by atoms with E-state index in [-0.39, 0.29) is 0 Å². The third-order valence-corrected chi connectivity index (χ3v) is 4.13. The summed E-state index contributed by atoms with van der Waals surface area (Å²) in [6.07, 6.45) is 0. The zero-order valence-corrected chi connectivity index (χ0v) is 9.83. The molecular formula is C6H12N3OP3. The number of hydrogen-bond acceptors (Lipinski definition) is 4. The van der Waals surface area contributed by atoms with Crippen LogP contribution in [0, 0.1) is 0 Å². The highest BCUT2D eigenvalue weighted by molar-refractivity contribution is 7.65. The summed E-state index contributed by atoms with van der Waals surface area (Å²) >= 11 is 0. The molecule has 0 aromatic heterocycles. The molecule has 0 saturated carbocycles. The number of nitrogens with one attached hydrogen (secondary N) is 3. The first-order valence-electron chi connectivity index (χ1n) is 3.63. The van der Waals surface area contributed by atoms with Gasteiger partial charge in [0.2, 0.25) is 0 Å². The van der Waals surface area contributed by atoms with Gasteiger partial charge in [-0.25, -0.2) is 0 Å². The van der Waals surface area contributed by atoms with Crippen LogP contribution in [-0.2, 0) is 0 Å². The van der Waals surface area contributed by atoms with Gasteiger partial charge in [-0.3, -0.25) is 14.6 Å². The molecule has 4 N–H and O–H groups in total. The predicted octanol–water partition coefficient (Wildman–Crippen LogP) is 1.69. The van der Waals surface area contributed by atoms with Crippen molar-refractivity contribution in [2.75, 3.05) is 0 Å². The molecule has 1 aromatic carbocycles. The summed E-state index contributed by atoms with van der Waals surface area (Å²) in [5, 5.41) is 8.63. The van der Waals surface area contributed by atoms with Gasteiger partial charge in [0, 0.05) is 26.6 Å². The fourth-order valence-corrected chi connectivity index (χ4v) is 3.80. The standard InChI is InChI=1S/C6H6O.H6N3P3/c7-6-4-2-1-3-5-6;1-4-2-6-3-5-1/h1-5,7H;1-6H. The molecule has 1 aromatic rings. The summed E-state index contributed by atoms with van der Waals surface area (Å²) in [5.74, 6) is 0.322. The molecule has 1 fully saturated rings. The topological polar surface area (TPSA) is 56.3 Å². The molecular weight excluding hydrogens is 223 g/mol. The van der Waals surface area contributed by atoms with Crippen molar-refractivity contribution in [2.45, 2.75) is 0 Å². The van der Waals surface area contributed by atoms with Crippen molar-refractivity contribution >= 4 is 26.6 Å². The summed E-state index contributed by atoms with van der Waals surface area (Å²) in [7, 11) is 2.29. The van der Waals surface area contributed by atoms with Gasteiger partial charge in [-0.1, -0.05) is 18.2 Å². The van der Waals surface area contributed by atoms with E-state index in [0.29, 0.717) is 5.75 Å². The maximum atomic E-state index is 8.63. The van der Waals surface area contributed by atoms with Crippen molar-refractivity contribution in [2.24, 2.45) is 0 Å². The molecule has 4 nitrogen and oxygen atoms in total. The number of phenols is 1. The second kappa shape index (κ2) is 7.58. The molecule has 1 aliphatic rings. The Morgan fingerprint density at radius 2 is 1.31 bits per heavy atom. The van der Waals surface area contributed by atoms with Crippen molar-refractivity contribution in [3.8, 4) is 5.75 Å². The van der Waals surface area contributed by atoms with Gasteiger partial charge < -0.3 is 5.11 Å². The zero-order valence-electron chi connectivity index (χ0n) is 6.83. The third-order valence-electron chi connectivity index (χ3n) is 1.13. The van der Waals surface area contributed by atoms with Crippen molar-refractivity contribution in [3.05, 3.63) is 30.3 Å². The van der Waals surface area contributed by atoms with E-state index >= 15 is 0 Å². The van der Waals surface area contributed by atoms with Crippen molar-refractivity contribution < 1.29 is 5.11 Å². The fourth-order valence-electron chi connectivity index (χ4n) is 0.615. The Balaban J connectivity index is 0.000000132. The predicted molar refractivity (Wildman–Crippen MR) is 62.5 cm³/mol. The van der Waals surface area contributed by atoms with Gasteiger partial charge in [0.15, 0.2) is 0 Å². The highest BCUT2D eigenvalue weighted by Gasteiger charge is 1.90. The maximum absolute atomic E-state index is 8.63. The highest BCUT2D eigenvalue weighted by atomic mass is 31.2. The van der Waals surface area contributed by atoms with Crippen LogP contribution in [0.25, 0.3) is 0 Å². The molecule has 0 unspecified atom stereocenters. The summed E-state index contributed by atoms with van der Waals surface area (Å²) in [4.78, 5) is 9.38. The zero-order chi connectivity index (χ0) is 9.36. The molecule has 1 aliphatic heterocycles. The van der Waals surface area contributed by atoms with Crippen LogP contribution in [0.4, 0.5) is 0 Å². The van der Waals surface area contributed by atoms with Gasteiger partial charge in [0.05, 0.1) is 0 Å². The molecule has 0 bridgehead atoms. The smallest absolute Gasteiger partial charge is 0.115 e. The molecule has 0 amide bonds. The highest BCUT2D eigenvalue weighted by Crippen LogP contribution is 2.23. The minimum atomic E-state index is 0.322. The summed E-state index contributed by atoms with van der Waals surface area (Å²) in [6, 6.07) is 8.71. The van der Waals surface area contributed by atoms with Crippen molar-refractivity contribution in [3.63, 3.8) is 0 Å². The lowest BCUT2D eigenvalue weighted by Gasteiger charge is -2.12. The van der Waals surface area contributed by atoms with Gasteiger partial charge in [0.25, 0.3) is 0 Å². The Kier molecular flexibility index (Phi) is 6.57. The molecule has 7 heteroatoms. The summed E-state index contributed by atoms with van der Waals surface area (Å²) in [5.41, 5.74) is 0. The number of para-hydroxylation sites is 1. The number of rotatable bonds is 0. The monoisotopic (exact) mass is 235 g/mol. The van der Waals surface area contributed by atoms with E-state index in [4.69, 9.17) is 5.11 Å². The number of phenolic OH excluding ortho intramolecular Hbond substituents is 1. The largest absolute Gasteiger partial charge is 0.508 e. The van der Waals surface area contributed by atoms with Crippen LogP contribution < -0.4 is 14.6 Å². The van der Waals surface area contributed by atoms with E-state index in [0.717, 1.165) is 26.6 Å². The van der Waals surface area contributed by atoms with Crippen LogP contribution in [0.5, 0.6) is 5.75 Å². The van der Waals surface area contributed by atoms with Gasteiger partial charge in [-0.15, -0.1) is 0 Å². The Morgan fingerprint density at radius 3 is 1.54 bits per heavy atom. The lowest BCUT2D eigenvalue weighted by molar-refractivity contribution is 0.475. The van der Waals surface area contributed by atoms with Crippen LogP contribution >= 0.6 is 26.6 Å². The van der Waals surface area contributed by atoms with Crippen LogP contribution in [0.1, 0.15) is 0 Å². The van der Waals surface area contributed by atoms with Crippen LogP contribution in [0.2, 0.25) is 0 Å². The molecule has 0 atom stereocenters. The summed E-state index contributed by atoms with van der Waals surface area (Å²) < 4.78 is 0. The molecule has 2 rings (SSSR count). The van der Waals surface area contributed by atoms with Gasteiger partial charge in [-0.05, 0) is 12.1 Å². The molecule has 0 aliphatic carbocycles. The van der Waals surface area contributed by atoms with E-state index in [1.807, 2.05) is 6.07 Å². The lowest BCUT2D eigenvalue weighted by Crippen LogP contribution is -2.07. The van der Waals surface area contributed by atoms with E-state index in [9.17, 15) is 0 Å². The second-order valence-electron chi connectivity index (χ2n) is 2.09. The SMILES string of the molecule is N1PNPNP1.Oc1ccccc1.